The smallest absolute Gasteiger partial charge is 0.258 e. The summed E-state index contributed by atoms with van der Waals surface area (Å²) in [7, 11) is 0. The van der Waals surface area contributed by atoms with Crippen LogP contribution in [0, 0.1) is 0 Å². The highest BCUT2D eigenvalue weighted by atomic mass is 16.2. The zero-order valence-corrected chi connectivity index (χ0v) is 17.2. The largest absolute Gasteiger partial charge is 0.301 e. The van der Waals surface area contributed by atoms with Gasteiger partial charge >= 0.3 is 0 Å². The first-order chi connectivity index (χ1) is 14.6. The summed E-state index contributed by atoms with van der Waals surface area (Å²) in [4.78, 5) is 29.9. The van der Waals surface area contributed by atoms with Gasteiger partial charge in [-0.25, -0.2) is 0 Å². The highest BCUT2D eigenvalue weighted by Gasteiger charge is 2.32. The Morgan fingerprint density at radius 1 is 0.867 bits per heavy atom. The van der Waals surface area contributed by atoms with Crippen molar-refractivity contribution in [2.24, 2.45) is 0 Å². The molecule has 1 atom stereocenters. The Morgan fingerprint density at radius 2 is 1.47 bits per heavy atom. The van der Waals surface area contributed by atoms with Crippen molar-refractivity contribution in [3.8, 4) is 0 Å². The van der Waals surface area contributed by atoms with E-state index in [-0.39, 0.29) is 17.9 Å². The van der Waals surface area contributed by atoms with Gasteiger partial charge in [-0.15, -0.1) is 0 Å². The van der Waals surface area contributed by atoms with Gasteiger partial charge in [0.15, 0.2) is 0 Å². The molecular formula is C26H24N2O2. The van der Waals surface area contributed by atoms with Crippen molar-refractivity contribution in [2.45, 2.75) is 26.3 Å². The highest BCUT2D eigenvalue weighted by Crippen LogP contribution is 2.39. The van der Waals surface area contributed by atoms with Crippen LogP contribution in [0.2, 0.25) is 0 Å². The fraction of sp³-hybridized carbons (Fsp3) is 0.154. The van der Waals surface area contributed by atoms with Crippen molar-refractivity contribution in [3.05, 3.63) is 102 Å². The molecule has 1 aliphatic rings. The number of fused-ring (bicyclic) bond motifs is 1. The topological polar surface area (TPSA) is 40.6 Å². The Balaban J connectivity index is 1.84. The number of benzene rings is 3. The Labute approximate surface area is 177 Å². The average molecular weight is 396 g/mol. The molecule has 2 amide bonds. The van der Waals surface area contributed by atoms with E-state index >= 15 is 0 Å². The third kappa shape index (κ3) is 3.52. The Bertz CT molecular complexity index is 1090. The predicted molar refractivity (Wildman–Crippen MR) is 121 cm³/mol. The summed E-state index contributed by atoms with van der Waals surface area (Å²) in [6, 6.07) is 26.5. The molecule has 0 aromatic heterocycles. The van der Waals surface area contributed by atoms with Gasteiger partial charge in [0.1, 0.15) is 0 Å². The van der Waals surface area contributed by atoms with E-state index in [2.05, 4.69) is 0 Å². The number of para-hydroxylation sites is 2. The van der Waals surface area contributed by atoms with Crippen LogP contribution in [0.25, 0.3) is 5.70 Å². The van der Waals surface area contributed by atoms with Gasteiger partial charge in [-0.05, 0) is 43.3 Å². The number of hydrogen-bond acceptors (Lipinski definition) is 2. The molecule has 0 spiro atoms. The summed E-state index contributed by atoms with van der Waals surface area (Å²) in [5.74, 6) is -0.0452. The quantitative estimate of drug-likeness (QED) is 0.583. The number of carbonyl (C=O) groups excluding carboxylic acids is 2. The molecule has 0 N–H and O–H groups in total. The van der Waals surface area contributed by atoms with E-state index in [0.717, 1.165) is 22.6 Å². The minimum absolute atomic E-state index is 0.0114. The molecule has 4 rings (SSSR count). The van der Waals surface area contributed by atoms with Crippen molar-refractivity contribution in [1.29, 1.82) is 0 Å². The highest BCUT2D eigenvalue weighted by molar-refractivity contribution is 6.13. The fourth-order valence-electron chi connectivity index (χ4n) is 3.87. The zero-order valence-electron chi connectivity index (χ0n) is 17.2. The molecule has 4 nitrogen and oxygen atoms in total. The molecule has 3 aromatic rings. The van der Waals surface area contributed by atoms with Crippen LogP contribution in [-0.2, 0) is 4.79 Å². The Hall–Kier alpha value is -3.66. The summed E-state index contributed by atoms with van der Waals surface area (Å²) in [6.07, 6.45) is 2.39. The van der Waals surface area contributed by atoms with Crippen LogP contribution < -0.4 is 9.80 Å². The predicted octanol–water partition coefficient (Wildman–Crippen LogP) is 5.52. The minimum Gasteiger partial charge on any atom is -0.301 e. The lowest BCUT2D eigenvalue weighted by atomic mass is 9.97. The van der Waals surface area contributed by atoms with Gasteiger partial charge < -0.3 is 4.90 Å². The molecule has 1 aliphatic heterocycles. The van der Waals surface area contributed by atoms with Crippen molar-refractivity contribution in [1.82, 2.24) is 0 Å². The first-order valence-electron chi connectivity index (χ1n) is 10.2. The standard InChI is InChI=1S/C26H24N2O2/c1-3-25(29)28(21-14-8-5-9-15-21)24-18-19(2)27(23-17-11-10-16-22(23)24)26(30)20-12-6-4-7-13-20/h4-19H,3H2,1-2H3/t19-/m1/s1. The summed E-state index contributed by atoms with van der Waals surface area (Å²) in [5.41, 5.74) is 3.95. The Kier molecular flexibility index (Phi) is 5.48. The summed E-state index contributed by atoms with van der Waals surface area (Å²) < 4.78 is 0. The first kappa shape index (κ1) is 19.6. The van der Waals surface area contributed by atoms with E-state index in [0.29, 0.717) is 12.0 Å². The zero-order chi connectivity index (χ0) is 21.1. The summed E-state index contributed by atoms with van der Waals surface area (Å²) >= 11 is 0. The van der Waals surface area contributed by atoms with Crippen LogP contribution in [0.1, 0.15) is 36.2 Å². The number of nitrogens with zero attached hydrogens (tertiary/aromatic N) is 2. The van der Waals surface area contributed by atoms with Crippen LogP contribution in [0.5, 0.6) is 0 Å². The molecule has 0 aliphatic carbocycles. The number of carbonyl (C=O) groups is 2. The second-order valence-corrected chi connectivity index (χ2v) is 7.27. The molecule has 0 unspecified atom stereocenters. The number of anilines is 2. The minimum atomic E-state index is -0.210. The van der Waals surface area contributed by atoms with Gasteiger partial charge in [-0.1, -0.05) is 61.5 Å². The van der Waals surface area contributed by atoms with E-state index in [1.54, 1.807) is 9.80 Å². The van der Waals surface area contributed by atoms with Gasteiger partial charge in [0.2, 0.25) is 5.91 Å². The molecule has 0 saturated carbocycles. The van der Waals surface area contributed by atoms with Gasteiger partial charge in [-0.3, -0.25) is 14.5 Å². The van der Waals surface area contributed by atoms with Crippen LogP contribution in [0.15, 0.2) is 91.0 Å². The molecular weight excluding hydrogens is 372 g/mol. The Morgan fingerprint density at radius 3 is 2.13 bits per heavy atom. The van der Waals surface area contributed by atoms with Gasteiger partial charge in [-0.2, -0.15) is 0 Å². The third-order valence-electron chi connectivity index (χ3n) is 5.29. The van der Waals surface area contributed by atoms with Crippen LogP contribution >= 0.6 is 0 Å². The second kappa shape index (κ2) is 8.37. The van der Waals surface area contributed by atoms with E-state index in [1.165, 1.54) is 0 Å². The number of hydrogen-bond donors (Lipinski definition) is 0. The van der Waals surface area contributed by atoms with Crippen LogP contribution in [0.4, 0.5) is 11.4 Å². The van der Waals surface area contributed by atoms with Gasteiger partial charge in [0, 0.05) is 23.2 Å². The lowest BCUT2D eigenvalue weighted by Crippen LogP contribution is -2.42. The van der Waals surface area contributed by atoms with E-state index in [4.69, 9.17) is 0 Å². The lowest BCUT2D eigenvalue weighted by Gasteiger charge is -2.37. The number of rotatable bonds is 4. The van der Waals surface area contributed by atoms with Gasteiger partial charge in [0.05, 0.1) is 17.4 Å². The van der Waals surface area contributed by atoms with Gasteiger partial charge in [0.25, 0.3) is 5.91 Å². The van der Waals surface area contributed by atoms with Crippen molar-refractivity contribution in [3.63, 3.8) is 0 Å². The molecule has 1 heterocycles. The first-order valence-corrected chi connectivity index (χ1v) is 10.2. The summed E-state index contributed by atoms with van der Waals surface area (Å²) in [6.45, 7) is 3.85. The maximum Gasteiger partial charge on any atom is 0.258 e. The SMILES string of the molecule is CCC(=O)N(C1=C[C@@H](C)N(C(=O)c2ccccc2)c2ccccc21)c1ccccc1. The fourth-order valence-corrected chi connectivity index (χ4v) is 3.87. The molecule has 3 aromatic carbocycles. The third-order valence-corrected chi connectivity index (χ3v) is 5.29. The maximum atomic E-state index is 13.3. The molecule has 0 radical (unpaired) electrons. The maximum absolute atomic E-state index is 13.3. The van der Waals surface area contributed by atoms with E-state index in [9.17, 15) is 9.59 Å². The van der Waals surface area contributed by atoms with Crippen molar-refractivity contribution < 1.29 is 9.59 Å². The van der Waals surface area contributed by atoms with E-state index < -0.39 is 0 Å². The molecule has 150 valence electrons. The van der Waals surface area contributed by atoms with Crippen LogP contribution in [0.3, 0.4) is 0 Å². The second-order valence-electron chi connectivity index (χ2n) is 7.27. The van der Waals surface area contributed by atoms with Crippen LogP contribution in [-0.4, -0.2) is 17.9 Å². The molecule has 4 heteroatoms. The monoisotopic (exact) mass is 396 g/mol. The van der Waals surface area contributed by atoms with E-state index in [1.807, 2.05) is 105 Å². The lowest BCUT2D eigenvalue weighted by molar-refractivity contribution is -0.117. The van der Waals surface area contributed by atoms with Crippen molar-refractivity contribution >= 4 is 28.9 Å². The average Bonchev–Trinajstić information content (AvgIpc) is 2.80. The molecule has 30 heavy (non-hydrogen) atoms. The normalized spacial score (nSPS) is 15.2. The molecule has 0 saturated heterocycles. The summed E-state index contributed by atoms with van der Waals surface area (Å²) in [5, 5.41) is 0. The van der Waals surface area contributed by atoms with Crippen molar-refractivity contribution in [2.75, 3.05) is 9.80 Å². The number of amides is 2. The molecule has 0 fully saturated rings. The molecule has 0 bridgehead atoms.